The Bertz CT molecular complexity index is 397. The van der Waals surface area contributed by atoms with Crippen molar-refractivity contribution in [3.8, 4) is 0 Å². The van der Waals surface area contributed by atoms with E-state index < -0.39 is 36.7 Å². The van der Waals surface area contributed by atoms with Gasteiger partial charge in [-0.15, -0.1) is 0 Å². The molecule has 0 aromatic rings. The lowest BCUT2D eigenvalue weighted by Gasteiger charge is -2.19. The molecule has 0 aromatic carbocycles. The van der Waals surface area contributed by atoms with Crippen molar-refractivity contribution < 1.29 is 41.7 Å². The molecule has 3 unspecified atom stereocenters. The van der Waals surface area contributed by atoms with Crippen molar-refractivity contribution in [2.75, 3.05) is 19.8 Å². The van der Waals surface area contributed by atoms with E-state index in [4.69, 9.17) is 14.2 Å². The third kappa shape index (κ3) is 10.4. The summed E-state index contributed by atoms with van der Waals surface area (Å²) < 4.78 is 55.6. The van der Waals surface area contributed by atoms with Crippen molar-refractivity contribution in [1.29, 1.82) is 0 Å². The van der Waals surface area contributed by atoms with Gasteiger partial charge >= 0.3 is 18.1 Å². The number of hydrogen-bond donors (Lipinski definition) is 0. The van der Waals surface area contributed by atoms with Crippen LogP contribution < -0.4 is 0 Å². The molecule has 0 amide bonds. The van der Waals surface area contributed by atoms with Gasteiger partial charge in [0.1, 0.15) is 6.61 Å². The van der Waals surface area contributed by atoms with Crippen molar-refractivity contribution >= 4 is 11.9 Å². The van der Waals surface area contributed by atoms with Gasteiger partial charge in [0.15, 0.2) is 6.10 Å². The second-order valence-corrected chi connectivity index (χ2v) is 5.80. The van der Waals surface area contributed by atoms with E-state index >= 15 is 0 Å². The summed E-state index contributed by atoms with van der Waals surface area (Å²) >= 11 is 0. The number of carbonyl (C=O) groups excluding carboxylic acids is 2. The summed E-state index contributed by atoms with van der Waals surface area (Å²) in [7, 11) is 0. The number of alkyl halides is 3. The van der Waals surface area contributed by atoms with E-state index in [1.165, 1.54) is 13.8 Å². The highest BCUT2D eigenvalue weighted by Gasteiger charge is 2.41. The first kappa shape index (κ1) is 22.6. The molecule has 0 heterocycles. The third-order valence-corrected chi connectivity index (χ3v) is 2.66. The summed E-state index contributed by atoms with van der Waals surface area (Å²) in [6.07, 6.45) is -6.17. The SMILES string of the molecule is CC(COC(=O)C(F)(F)F)COC(C)C(=O)OCC(C)OC(C)C. The molecule has 0 aromatic heterocycles. The van der Waals surface area contributed by atoms with Crippen molar-refractivity contribution in [3.63, 3.8) is 0 Å². The largest absolute Gasteiger partial charge is 0.490 e. The topological polar surface area (TPSA) is 71.1 Å². The Morgan fingerprint density at radius 3 is 2.00 bits per heavy atom. The number of halogens is 3. The predicted octanol–water partition coefficient (Wildman–Crippen LogP) is 2.49. The van der Waals surface area contributed by atoms with Crippen LogP contribution in [0.25, 0.3) is 0 Å². The molecule has 0 spiro atoms. The molecule has 0 radical (unpaired) electrons. The number of hydrogen-bond acceptors (Lipinski definition) is 6. The Hall–Kier alpha value is -1.35. The molecular weight excluding hydrogens is 333 g/mol. The Labute approximate surface area is 139 Å². The van der Waals surface area contributed by atoms with Gasteiger partial charge in [-0.3, -0.25) is 0 Å². The molecule has 0 saturated heterocycles. The minimum absolute atomic E-state index is 0.00707. The molecule has 0 aliphatic rings. The van der Waals surface area contributed by atoms with E-state index in [-0.39, 0.29) is 25.4 Å². The maximum absolute atomic E-state index is 12.0. The van der Waals surface area contributed by atoms with Gasteiger partial charge < -0.3 is 18.9 Å². The molecular formula is C15H25F3O6. The molecule has 0 bridgehead atoms. The summed E-state index contributed by atoms with van der Waals surface area (Å²) in [5.74, 6) is -3.36. The number of rotatable bonds is 10. The van der Waals surface area contributed by atoms with E-state index in [1.54, 1.807) is 6.92 Å². The fourth-order valence-corrected chi connectivity index (χ4v) is 1.55. The quantitative estimate of drug-likeness (QED) is 0.559. The number of ether oxygens (including phenoxy) is 4. The summed E-state index contributed by atoms with van der Waals surface area (Å²) in [6, 6.07) is 0. The minimum Gasteiger partial charge on any atom is -0.461 e. The van der Waals surface area contributed by atoms with Crippen LogP contribution in [-0.4, -0.2) is 56.2 Å². The van der Waals surface area contributed by atoms with Crippen molar-refractivity contribution in [2.24, 2.45) is 5.92 Å². The highest BCUT2D eigenvalue weighted by atomic mass is 19.4. The summed E-state index contributed by atoms with van der Waals surface area (Å²) in [5.41, 5.74) is 0. The van der Waals surface area contributed by atoms with Gasteiger partial charge in [0.05, 0.1) is 25.4 Å². The van der Waals surface area contributed by atoms with Crippen LogP contribution >= 0.6 is 0 Å². The monoisotopic (exact) mass is 358 g/mol. The number of carbonyl (C=O) groups is 2. The smallest absolute Gasteiger partial charge is 0.461 e. The normalized spacial score (nSPS) is 15.7. The lowest BCUT2D eigenvalue weighted by atomic mass is 10.2. The van der Waals surface area contributed by atoms with E-state index in [2.05, 4.69) is 4.74 Å². The summed E-state index contributed by atoms with van der Waals surface area (Å²) in [4.78, 5) is 22.3. The van der Waals surface area contributed by atoms with Gasteiger partial charge in [0, 0.05) is 5.92 Å². The number of esters is 2. The first-order chi connectivity index (χ1) is 10.9. The zero-order valence-corrected chi connectivity index (χ0v) is 14.5. The molecule has 0 fully saturated rings. The Balaban J connectivity index is 4.00. The first-order valence-electron chi connectivity index (χ1n) is 7.61. The highest BCUT2D eigenvalue weighted by Crippen LogP contribution is 2.17. The average molecular weight is 358 g/mol. The van der Waals surface area contributed by atoms with Gasteiger partial charge in [-0.05, 0) is 27.7 Å². The van der Waals surface area contributed by atoms with E-state index in [1.807, 2.05) is 13.8 Å². The zero-order chi connectivity index (χ0) is 18.9. The standard InChI is InChI=1S/C15H25F3O6/c1-9(2)24-11(4)8-22-13(19)12(5)21-6-10(3)7-23-14(20)15(16,17)18/h9-12H,6-8H2,1-5H3. The van der Waals surface area contributed by atoms with Gasteiger partial charge in [-0.2, -0.15) is 13.2 Å². The van der Waals surface area contributed by atoms with Crippen LogP contribution in [0.4, 0.5) is 13.2 Å². The second kappa shape index (κ2) is 10.5. The van der Waals surface area contributed by atoms with Crippen LogP contribution in [0.2, 0.25) is 0 Å². The summed E-state index contributed by atoms with van der Waals surface area (Å²) in [6.45, 7) is 8.03. The van der Waals surface area contributed by atoms with Crippen LogP contribution in [0.5, 0.6) is 0 Å². The predicted molar refractivity (Wildman–Crippen MR) is 78.2 cm³/mol. The van der Waals surface area contributed by atoms with Crippen molar-refractivity contribution in [1.82, 2.24) is 0 Å². The maximum atomic E-state index is 12.0. The second-order valence-electron chi connectivity index (χ2n) is 5.80. The molecule has 0 aliphatic carbocycles. The fraction of sp³-hybridized carbons (Fsp3) is 0.867. The van der Waals surface area contributed by atoms with Gasteiger partial charge in [-0.1, -0.05) is 6.92 Å². The molecule has 0 saturated carbocycles. The molecule has 24 heavy (non-hydrogen) atoms. The zero-order valence-electron chi connectivity index (χ0n) is 14.5. The molecule has 142 valence electrons. The maximum Gasteiger partial charge on any atom is 0.490 e. The Morgan fingerprint density at radius 1 is 0.917 bits per heavy atom. The molecule has 3 atom stereocenters. The van der Waals surface area contributed by atoms with Crippen LogP contribution in [0.3, 0.4) is 0 Å². The lowest BCUT2D eigenvalue weighted by molar-refractivity contribution is -0.201. The van der Waals surface area contributed by atoms with Crippen LogP contribution in [0.15, 0.2) is 0 Å². The van der Waals surface area contributed by atoms with Gasteiger partial charge in [-0.25, -0.2) is 9.59 Å². The van der Waals surface area contributed by atoms with E-state index in [9.17, 15) is 22.8 Å². The molecule has 9 heteroatoms. The van der Waals surface area contributed by atoms with Crippen LogP contribution in [0.1, 0.15) is 34.6 Å². The lowest BCUT2D eigenvalue weighted by Crippen LogP contribution is -2.31. The Kier molecular flexibility index (Phi) is 9.91. The third-order valence-electron chi connectivity index (χ3n) is 2.66. The van der Waals surface area contributed by atoms with Crippen LogP contribution in [0, 0.1) is 5.92 Å². The Morgan fingerprint density at radius 2 is 1.50 bits per heavy atom. The van der Waals surface area contributed by atoms with E-state index in [0.717, 1.165) is 0 Å². The molecule has 0 aliphatic heterocycles. The van der Waals surface area contributed by atoms with Crippen molar-refractivity contribution in [3.05, 3.63) is 0 Å². The summed E-state index contributed by atoms with van der Waals surface area (Å²) in [5, 5.41) is 0. The minimum atomic E-state index is -5.02. The molecule has 6 nitrogen and oxygen atoms in total. The fourth-order valence-electron chi connectivity index (χ4n) is 1.55. The van der Waals surface area contributed by atoms with E-state index in [0.29, 0.717) is 0 Å². The highest BCUT2D eigenvalue weighted by molar-refractivity contribution is 5.75. The van der Waals surface area contributed by atoms with Crippen LogP contribution in [-0.2, 0) is 28.5 Å². The van der Waals surface area contributed by atoms with Gasteiger partial charge in [0.25, 0.3) is 0 Å². The van der Waals surface area contributed by atoms with Crippen molar-refractivity contribution in [2.45, 2.75) is 59.1 Å². The molecule has 0 N–H and O–H groups in total. The van der Waals surface area contributed by atoms with Gasteiger partial charge in [0.2, 0.25) is 0 Å². The molecule has 0 rings (SSSR count). The average Bonchev–Trinajstić information content (AvgIpc) is 2.45. The first-order valence-corrected chi connectivity index (χ1v) is 7.61.